The number of hydrogen-bond donors (Lipinski definition) is 1. The van der Waals surface area contributed by atoms with Crippen LogP contribution in [0, 0.1) is 5.92 Å². The van der Waals surface area contributed by atoms with Gasteiger partial charge in [0.2, 0.25) is 5.91 Å². The summed E-state index contributed by atoms with van der Waals surface area (Å²) in [6.45, 7) is 7.30. The summed E-state index contributed by atoms with van der Waals surface area (Å²) in [5.74, 6) is 0.329. The van der Waals surface area contributed by atoms with E-state index in [9.17, 15) is 9.59 Å². The first kappa shape index (κ1) is 16.9. The molecule has 106 valence electrons. The third-order valence-corrected chi connectivity index (χ3v) is 2.96. The summed E-state index contributed by atoms with van der Waals surface area (Å²) in [6.07, 6.45) is 1.28. The molecule has 0 fully saturated rings. The SMILES string of the molecule is COC(=O)CCN(C)C(C)C(=O)NCCC(C)C. The maximum atomic E-state index is 11.8. The first-order valence-electron chi connectivity index (χ1n) is 6.43. The van der Waals surface area contributed by atoms with E-state index < -0.39 is 0 Å². The van der Waals surface area contributed by atoms with E-state index in [1.165, 1.54) is 7.11 Å². The van der Waals surface area contributed by atoms with Crippen LogP contribution in [0.2, 0.25) is 0 Å². The zero-order chi connectivity index (χ0) is 14.1. The highest BCUT2D eigenvalue weighted by molar-refractivity contribution is 5.81. The van der Waals surface area contributed by atoms with Crippen LogP contribution in [0.25, 0.3) is 0 Å². The minimum absolute atomic E-state index is 0.00279. The van der Waals surface area contributed by atoms with E-state index in [1.54, 1.807) is 0 Å². The minimum atomic E-state index is -0.255. The molecule has 0 rings (SSSR count). The van der Waals surface area contributed by atoms with Crippen LogP contribution < -0.4 is 5.32 Å². The van der Waals surface area contributed by atoms with Gasteiger partial charge in [0.15, 0.2) is 0 Å². The van der Waals surface area contributed by atoms with Crippen molar-refractivity contribution >= 4 is 11.9 Å². The molecule has 0 spiro atoms. The Morgan fingerprint density at radius 2 is 1.89 bits per heavy atom. The number of esters is 1. The lowest BCUT2D eigenvalue weighted by molar-refractivity contribution is -0.141. The smallest absolute Gasteiger partial charge is 0.306 e. The second-order valence-electron chi connectivity index (χ2n) is 4.96. The van der Waals surface area contributed by atoms with E-state index in [1.807, 2.05) is 18.9 Å². The lowest BCUT2D eigenvalue weighted by atomic mass is 10.1. The molecule has 0 bridgehead atoms. The van der Waals surface area contributed by atoms with Crippen LogP contribution in [-0.4, -0.2) is 50.1 Å². The largest absolute Gasteiger partial charge is 0.469 e. The van der Waals surface area contributed by atoms with Crippen molar-refractivity contribution in [2.45, 2.75) is 39.7 Å². The van der Waals surface area contributed by atoms with Gasteiger partial charge in [0.25, 0.3) is 0 Å². The van der Waals surface area contributed by atoms with Crippen molar-refractivity contribution in [1.82, 2.24) is 10.2 Å². The van der Waals surface area contributed by atoms with Gasteiger partial charge in [-0.2, -0.15) is 0 Å². The number of nitrogens with zero attached hydrogens (tertiary/aromatic N) is 1. The van der Waals surface area contributed by atoms with Crippen LogP contribution >= 0.6 is 0 Å². The Kier molecular flexibility index (Phi) is 8.37. The van der Waals surface area contributed by atoms with Crippen LogP contribution in [0.3, 0.4) is 0 Å². The summed E-state index contributed by atoms with van der Waals surface area (Å²) in [5.41, 5.74) is 0. The highest BCUT2D eigenvalue weighted by Gasteiger charge is 2.18. The molecule has 1 N–H and O–H groups in total. The molecule has 5 heteroatoms. The van der Waals surface area contributed by atoms with Gasteiger partial charge in [0, 0.05) is 13.1 Å². The van der Waals surface area contributed by atoms with E-state index in [0.717, 1.165) is 6.42 Å². The Hall–Kier alpha value is -1.10. The van der Waals surface area contributed by atoms with Crippen molar-refractivity contribution < 1.29 is 14.3 Å². The predicted molar refractivity (Wildman–Crippen MR) is 71.2 cm³/mol. The zero-order valence-electron chi connectivity index (χ0n) is 12.2. The molecule has 0 saturated carbocycles. The molecular formula is C13H26N2O3. The molecule has 1 unspecified atom stereocenters. The highest BCUT2D eigenvalue weighted by Crippen LogP contribution is 2.00. The van der Waals surface area contributed by atoms with Gasteiger partial charge in [0.1, 0.15) is 0 Å². The first-order chi connectivity index (χ1) is 8.38. The Morgan fingerprint density at radius 3 is 2.39 bits per heavy atom. The number of carbonyl (C=O) groups excluding carboxylic acids is 2. The predicted octanol–water partition coefficient (Wildman–Crippen LogP) is 1.03. The van der Waals surface area contributed by atoms with E-state index in [0.29, 0.717) is 25.4 Å². The van der Waals surface area contributed by atoms with Crippen molar-refractivity contribution in [2.75, 3.05) is 27.2 Å². The molecule has 5 nitrogen and oxygen atoms in total. The van der Waals surface area contributed by atoms with Crippen molar-refractivity contribution in [1.29, 1.82) is 0 Å². The molecule has 1 amide bonds. The van der Waals surface area contributed by atoms with Crippen LogP contribution in [0.15, 0.2) is 0 Å². The van der Waals surface area contributed by atoms with Crippen LogP contribution in [0.1, 0.15) is 33.6 Å². The monoisotopic (exact) mass is 258 g/mol. The fraction of sp³-hybridized carbons (Fsp3) is 0.846. The molecule has 0 aromatic heterocycles. The van der Waals surface area contributed by atoms with Crippen LogP contribution in [-0.2, 0) is 14.3 Å². The normalized spacial score (nSPS) is 12.6. The quantitative estimate of drug-likeness (QED) is 0.661. The average Bonchev–Trinajstić information content (AvgIpc) is 2.33. The number of nitrogens with one attached hydrogen (secondary N) is 1. The fourth-order valence-corrected chi connectivity index (χ4v) is 1.40. The summed E-state index contributed by atoms with van der Waals surface area (Å²) < 4.78 is 4.57. The number of methoxy groups -OCH3 is 1. The summed E-state index contributed by atoms with van der Waals surface area (Å²) in [5, 5.41) is 2.90. The number of ether oxygens (including phenoxy) is 1. The molecule has 0 aromatic carbocycles. The molecule has 0 radical (unpaired) electrons. The Bertz CT molecular complexity index is 267. The van der Waals surface area contributed by atoms with Gasteiger partial charge in [-0.1, -0.05) is 13.8 Å². The lowest BCUT2D eigenvalue weighted by Crippen LogP contribution is -2.44. The van der Waals surface area contributed by atoms with Gasteiger partial charge < -0.3 is 10.1 Å². The number of likely N-dealkylation sites (N-methyl/N-ethyl adjacent to an activating group) is 1. The molecular weight excluding hydrogens is 232 g/mol. The second kappa shape index (κ2) is 8.91. The van der Waals surface area contributed by atoms with Gasteiger partial charge in [-0.05, 0) is 26.3 Å². The maximum absolute atomic E-state index is 11.8. The molecule has 0 aliphatic carbocycles. The fourth-order valence-electron chi connectivity index (χ4n) is 1.40. The number of rotatable bonds is 8. The van der Waals surface area contributed by atoms with Gasteiger partial charge in [-0.25, -0.2) is 0 Å². The molecule has 0 aliphatic rings. The molecule has 0 aromatic rings. The third-order valence-electron chi connectivity index (χ3n) is 2.96. The zero-order valence-corrected chi connectivity index (χ0v) is 12.2. The summed E-state index contributed by atoms with van der Waals surface area (Å²) in [4.78, 5) is 24.7. The average molecular weight is 258 g/mol. The lowest BCUT2D eigenvalue weighted by Gasteiger charge is -2.23. The van der Waals surface area contributed by atoms with Gasteiger partial charge >= 0.3 is 5.97 Å². The van der Waals surface area contributed by atoms with E-state index in [2.05, 4.69) is 23.9 Å². The Balaban J connectivity index is 3.93. The first-order valence-corrected chi connectivity index (χ1v) is 6.43. The van der Waals surface area contributed by atoms with Gasteiger partial charge in [-0.15, -0.1) is 0 Å². The topological polar surface area (TPSA) is 58.6 Å². The summed E-state index contributed by atoms with van der Waals surface area (Å²) >= 11 is 0. The summed E-state index contributed by atoms with van der Waals surface area (Å²) in [7, 11) is 3.19. The number of amides is 1. The van der Waals surface area contributed by atoms with Gasteiger partial charge in [-0.3, -0.25) is 14.5 Å². The molecule has 0 heterocycles. The second-order valence-corrected chi connectivity index (χ2v) is 4.96. The maximum Gasteiger partial charge on any atom is 0.306 e. The van der Waals surface area contributed by atoms with Crippen molar-refractivity contribution in [3.63, 3.8) is 0 Å². The number of hydrogen-bond acceptors (Lipinski definition) is 4. The number of carbonyl (C=O) groups is 2. The van der Waals surface area contributed by atoms with Crippen LogP contribution in [0.4, 0.5) is 0 Å². The molecule has 1 atom stereocenters. The molecule has 18 heavy (non-hydrogen) atoms. The minimum Gasteiger partial charge on any atom is -0.469 e. The Labute approximate surface area is 110 Å². The van der Waals surface area contributed by atoms with E-state index >= 15 is 0 Å². The van der Waals surface area contributed by atoms with Crippen molar-refractivity contribution in [3.05, 3.63) is 0 Å². The van der Waals surface area contributed by atoms with E-state index in [4.69, 9.17) is 0 Å². The standard InChI is InChI=1S/C13H26N2O3/c1-10(2)6-8-14-13(17)11(3)15(4)9-7-12(16)18-5/h10-11H,6-9H2,1-5H3,(H,14,17). The highest BCUT2D eigenvalue weighted by atomic mass is 16.5. The van der Waals surface area contributed by atoms with Gasteiger partial charge in [0.05, 0.1) is 19.6 Å². The Morgan fingerprint density at radius 1 is 1.28 bits per heavy atom. The van der Waals surface area contributed by atoms with Crippen LogP contribution in [0.5, 0.6) is 0 Å². The van der Waals surface area contributed by atoms with E-state index in [-0.39, 0.29) is 17.9 Å². The van der Waals surface area contributed by atoms with Crippen molar-refractivity contribution in [3.8, 4) is 0 Å². The molecule has 0 aliphatic heterocycles. The van der Waals surface area contributed by atoms with Crippen molar-refractivity contribution in [2.24, 2.45) is 5.92 Å². The third kappa shape index (κ3) is 7.27. The molecule has 0 saturated heterocycles. The summed E-state index contributed by atoms with van der Waals surface area (Å²) in [6, 6.07) is -0.234.